The minimum Gasteiger partial charge on any atom is -0.282 e. The predicted octanol–water partition coefficient (Wildman–Crippen LogP) is 3.82. The molecule has 1 atom stereocenters. The third kappa shape index (κ3) is 2.62. The van der Waals surface area contributed by atoms with Crippen molar-refractivity contribution in [3.63, 3.8) is 0 Å². The Morgan fingerprint density at radius 1 is 1.05 bits per heavy atom. The van der Waals surface area contributed by atoms with Crippen LogP contribution in [0.1, 0.15) is 24.1 Å². The first-order valence-corrected chi connectivity index (χ1v) is 6.82. The molecule has 3 rings (SSSR count). The molecule has 100 valence electrons. The summed E-state index contributed by atoms with van der Waals surface area (Å²) in [6, 6.07) is 14.6. The van der Waals surface area contributed by atoms with Crippen molar-refractivity contribution in [1.82, 2.24) is 15.2 Å². The van der Waals surface area contributed by atoms with Crippen LogP contribution in [0, 0.1) is 0 Å². The largest absolute Gasteiger partial charge is 0.282 e. The Labute approximate surface area is 118 Å². The van der Waals surface area contributed by atoms with Gasteiger partial charge in [0.05, 0.1) is 6.20 Å². The minimum absolute atomic E-state index is 0.456. The lowest BCUT2D eigenvalue weighted by molar-refractivity contribution is 0.738. The van der Waals surface area contributed by atoms with E-state index in [-0.39, 0.29) is 0 Å². The SMILES string of the molecule is CC(Cc1[nH]ncc1-c1ccncc1)c1ccccc1. The van der Waals surface area contributed by atoms with E-state index >= 15 is 0 Å². The monoisotopic (exact) mass is 263 g/mol. The van der Waals surface area contributed by atoms with Crippen molar-refractivity contribution < 1.29 is 0 Å². The second-order valence-electron chi connectivity index (χ2n) is 5.01. The van der Waals surface area contributed by atoms with Gasteiger partial charge in [0, 0.05) is 23.7 Å². The van der Waals surface area contributed by atoms with Crippen LogP contribution in [0.5, 0.6) is 0 Å². The molecule has 0 fully saturated rings. The number of pyridine rings is 1. The van der Waals surface area contributed by atoms with Gasteiger partial charge in [-0.2, -0.15) is 5.10 Å². The second-order valence-corrected chi connectivity index (χ2v) is 5.01. The molecule has 1 unspecified atom stereocenters. The molecule has 1 aromatic carbocycles. The molecule has 1 N–H and O–H groups in total. The van der Waals surface area contributed by atoms with Crippen molar-refractivity contribution in [1.29, 1.82) is 0 Å². The van der Waals surface area contributed by atoms with E-state index in [1.807, 2.05) is 30.7 Å². The van der Waals surface area contributed by atoms with Gasteiger partial charge in [-0.15, -0.1) is 0 Å². The Hall–Kier alpha value is -2.42. The molecule has 3 aromatic rings. The predicted molar refractivity (Wildman–Crippen MR) is 80.4 cm³/mol. The zero-order valence-corrected chi connectivity index (χ0v) is 11.5. The van der Waals surface area contributed by atoms with Gasteiger partial charge < -0.3 is 0 Å². The van der Waals surface area contributed by atoms with Crippen LogP contribution < -0.4 is 0 Å². The second kappa shape index (κ2) is 5.70. The van der Waals surface area contributed by atoms with Crippen molar-refractivity contribution in [2.45, 2.75) is 19.3 Å². The van der Waals surface area contributed by atoms with Crippen LogP contribution >= 0.6 is 0 Å². The average molecular weight is 263 g/mol. The highest BCUT2D eigenvalue weighted by molar-refractivity contribution is 5.64. The summed E-state index contributed by atoms with van der Waals surface area (Å²) in [6.07, 6.45) is 6.46. The minimum atomic E-state index is 0.456. The number of nitrogens with one attached hydrogen (secondary N) is 1. The molecule has 0 aliphatic rings. The van der Waals surface area contributed by atoms with Gasteiger partial charge in [0.1, 0.15) is 0 Å². The summed E-state index contributed by atoms with van der Waals surface area (Å²) >= 11 is 0. The molecule has 2 aromatic heterocycles. The van der Waals surface area contributed by atoms with Gasteiger partial charge in [-0.25, -0.2) is 0 Å². The van der Waals surface area contributed by atoms with Crippen molar-refractivity contribution in [2.24, 2.45) is 0 Å². The lowest BCUT2D eigenvalue weighted by Crippen LogP contribution is -2.00. The van der Waals surface area contributed by atoms with E-state index in [9.17, 15) is 0 Å². The molecular formula is C17H17N3. The van der Waals surface area contributed by atoms with Crippen molar-refractivity contribution in [2.75, 3.05) is 0 Å². The Morgan fingerprint density at radius 2 is 1.80 bits per heavy atom. The first-order valence-electron chi connectivity index (χ1n) is 6.82. The first-order chi connectivity index (χ1) is 9.84. The van der Waals surface area contributed by atoms with Crippen LogP contribution in [0.3, 0.4) is 0 Å². The Morgan fingerprint density at radius 3 is 2.55 bits per heavy atom. The van der Waals surface area contributed by atoms with E-state index < -0.39 is 0 Å². The number of nitrogens with zero attached hydrogens (tertiary/aromatic N) is 2. The smallest absolute Gasteiger partial charge is 0.0568 e. The number of rotatable bonds is 4. The van der Waals surface area contributed by atoms with Crippen molar-refractivity contribution >= 4 is 0 Å². The van der Waals surface area contributed by atoms with Crippen molar-refractivity contribution in [3.05, 3.63) is 72.3 Å². The topological polar surface area (TPSA) is 41.6 Å². The van der Waals surface area contributed by atoms with Crippen molar-refractivity contribution in [3.8, 4) is 11.1 Å². The van der Waals surface area contributed by atoms with Gasteiger partial charge in [0.25, 0.3) is 0 Å². The molecule has 0 saturated heterocycles. The third-order valence-corrected chi connectivity index (χ3v) is 3.59. The number of hydrogen-bond donors (Lipinski definition) is 1. The van der Waals surface area contributed by atoms with Crippen LogP contribution in [0.2, 0.25) is 0 Å². The lowest BCUT2D eigenvalue weighted by Gasteiger charge is -2.12. The molecule has 3 heteroatoms. The molecule has 2 heterocycles. The molecule has 0 saturated carbocycles. The van der Waals surface area contributed by atoms with E-state index in [2.05, 4.69) is 52.4 Å². The van der Waals surface area contributed by atoms with Gasteiger partial charge in [-0.05, 0) is 35.6 Å². The Balaban J connectivity index is 1.84. The summed E-state index contributed by atoms with van der Waals surface area (Å²) in [7, 11) is 0. The van der Waals surface area contributed by atoms with Crippen LogP contribution in [0.4, 0.5) is 0 Å². The number of aromatic nitrogens is 3. The first kappa shape index (κ1) is 12.6. The Kier molecular flexibility index (Phi) is 3.59. The maximum Gasteiger partial charge on any atom is 0.0568 e. The highest BCUT2D eigenvalue weighted by Crippen LogP contribution is 2.26. The normalized spacial score (nSPS) is 12.2. The summed E-state index contributed by atoms with van der Waals surface area (Å²) in [5, 5.41) is 7.33. The maximum atomic E-state index is 4.20. The quantitative estimate of drug-likeness (QED) is 0.777. The summed E-state index contributed by atoms with van der Waals surface area (Å²) in [6.45, 7) is 2.24. The van der Waals surface area contributed by atoms with Gasteiger partial charge in [-0.3, -0.25) is 10.1 Å². The molecule has 0 spiro atoms. The summed E-state index contributed by atoms with van der Waals surface area (Å²) in [5.74, 6) is 0.456. The fraction of sp³-hybridized carbons (Fsp3) is 0.176. The standard InChI is InChI=1S/C17H17N3/c1-13(14-5-3-2-4-6-14)11-17-16(12-19-20-17)15-7-9-18-10-8-15/h2-10,12-13H,11H2,1H3,(H,19,20). The van der Waals surface area contributed by atoms with Crippen LogP contribution in [-0.2, 0) is 6.42 Å². The van der Waals surface area contributed by atoms with E-state index in [4.69, 9.17) is 0 Å². The van der Waals surface area contributed by atoms with Crippen LogP contribution in [-0.4, -0.2) is 15.2 Å². The van der Waals surface area contributed by atoms with Gasteiger partial charge >= 0.3 is 0 Å². The third-order valence-electron chi connectivity index (χ3n) is 3.59. The van der Waals surface area contributed by atoms with E-state index in [1.165, 1.54) is 11.3 Å². The molecule has 0 bridgehead atoms. The summed E-state index contributed by atoms with van der Waals surface area (Å²) in [4.78, 5) is 4.06. The van der Waals surface area contributed by atoms with E-state index in [1.54, 1.807) is 0 Å². The number of aromatic amines is 1. The van der Waals surface area contributed by atoms with Gasteiger partial charge in [0.2, 0.25) is 0 Å². The maximum absolute atomic E-state index is 4.20. The molecular weight excluding hydrogens is 246 g/mol. The number of hydrogen-bond acceptors (Lipinski definition) is 2. The number of H-pyrrole nitrogens is 1. The molecule has 0 amide bonds. The Bertz CT molecular complexity index is 659. The van der Waals surface area contributed by atoms with E-state index in [0.717, 1.165) is 17.5 Å². The highest BCUT2D eigenvalue weighted by atomic mass is 15.1. The molecule has 0 radical (unpaired) electrons. The highest BCUT2D eigenvalue weighted by Gasteiger charge is 2.12. The molecule has 20 heavy (non-hydrogen) atoms. The van der Waals surface area contributed by atoms with Gasteiger partial charge in [-0.1, -0.05) is 37.3 Å². The van der Waals surface area contributed by atoms with Crippen LogP contribution in [0.15, 0.2) is 61.1 Å². The lowest BCUT2D eigenvalue weighted by atomic mass is 9.94. The fourth-order valence-corrected chi connectivity index (χ4v) is 2.45. The van der Waals surface area contributed by atoms with E-state index in [0.29, 0.717) is 5.92 Å². The molecule has 0 aliphatic carbocycles. The van der Waals surface area contributed by atoms with Gasteiger partial charge in [0.15, 0.2) is 0 Å². The van der Waals surface area contributed by atoms with Crippen LogP contribution in [0.25, 0.3) is 11.1 Å². The molecule has 0 aliphatic heterocycles. The fourth-order valence-electron chi connectivity index (χ4n) is 2.45. The average Bonchev–Trinajstić information content (AvgIpc) is 2.97. The summed E-state index contributed by atoms with van der Waals surface area (Å²) < 4.78 is 0. The number of benzene rings is 1. The molecule has 3 nitrogen and oxygen atoms in total. The summed E-state index contributed by atoms with van der Waals surface area (Å²) in [5.41, 5.74) is 4.84. The zero-order chi connectivity index (χ0) is 13.8. The zero-order valence-electron chi connectivity index (χ0n) is 11.5.